The fourth-order valence-electron chi connectivity index (χ4n) is 7.79. The number of rotatable bonds is 4. The smallest absolute Gasteiger partial charge is 0.306 e. The normalized spacial score (nSPS) is 43.7. The van der Waals surface area contributed by atoms with Crippen LogP contribution >= 0.6 is 0 Å². The zero-order valence-electron chi connectivity index (χ0n) is 18.5. The maximum Gasteiger partial charge on any atom is 0.306 e. The summed E-state index contributed by atoms with van der Waals surface area (Å²) in [6.07, 6.45) is 10.0. The number of allylic oxidation sites excluding steroid dienone is 1. The largest absolute Gasteiger partial charge is 0.450 e. The van der Waals surface area contributed by atoms with Crippen molar-refractivity contribution in [3.05, 3.63) is 11.6 Å². The molecule has 0 N–H and O–H groups in total. The minimum atomic E-state index is -0.940. The zero-order valence-corrected chi connectivity index (χ0v) is 18.5. The van der Waals surface area contributed by atoms with E-state index in [2.05, 4.69) is 13.8 Å². The molecule has 0 amide bonds. The molecule has 0 unspecified atom stereocenters. The van der Waals surface area contributed by atoms with E-state index in [9.17, 15) is 14.4 Å². The first kappa shape index (κ1) is 20.8. The van der Waals surface area contributed by atoms with E-state index in [-0.39, 0.29) is 28.4 Å². The SMILES string of the molecule is CCC(=O)O[C@]1(C(=O)CC)CC[C@H]2[C@@H]3CCC4=CC(=O)CC[C@]4(C)[C@H]3CC[C@@]21C. The molecule has 3 fully saturated rings. The van der Waals surface area contributed by atoms with Crippen molar-refractivity contribution in [3.8, 4) is 0 Å². The van der Waals surface area contributed by atoms with Gasteiger partial charge in [-0.05, 0) is 74.2 Å². The highest BCUT2D eigenvalue weighted by Gasteiger charge is 2.68. The lowest BCUT2D eigenvalue weighted by atomic mass is 9.46. The predicted octanol–water partition coefficient (Wildman–Crippen LogP) is 5.19. The second-order valence-corrected chi connectivity index (χ2v) is 10.4. The van der Waals surface area contributed by atoms with Crippen molar-refractivity contribution in [3.63, 3.8) is 0 Å². The Morgan fingerprint density at radius 3 is 2.41 bits per heavy atom. The fourth-order valence-corrected chi connectivity index (χ4v) is 7.79. The Balaban J connectivity index is 1.69. The minimum absolute atomic E-state index is 0.105. The summed E-state index contributed by atoms with van der Waals surface area (Å²) in [4.78, 5) is 37.6. The topological polar surface area (TPSA) is 60.4 Å². The van der Waals surface area contributed by atoms with Gasteiger partial charge in [0.15, 0.2) is 17.2 Å². The van der Waals surface area contributed by atoms with E-state index in [0.29, 0.717) is 43.4 Å². The number of esters is 1. The van der Waals surface area contributed by atoms with Crippen LogP contribution in [0.3, 0.4) is 0 Å². The van der Waals surface area contributed by atoms with Gasteiger partial charge in [-0.2, -0.15) is 0 Å². The second kappa shape index (κ2) is 7.06. The molecule has 0 aromatic carbocycles. The molecule has 0 radical (unpaired) electrons. The van der Waals surface area contributed by atoms with Crippen molar-refractivity contribution in [2.45, 2.75) is 97.5 Å². The highest BCUT2D eigenvalue weighted by atomic mass is 16.6. The first-order valence-electron chi connectivity index (χ1n) is 11.7. The van der Waals surface area contributed by atoms with Gasteiger partial charge in [0.25, 0.3) is 0 Å². The van der Waals surface area contributed by atoms with Gasteiger partial charge in [0, 0.05) is 24.7 Å². The molecule has 0 aromatic heterocycles. The molecule has 0 heterocycles. The van der Waals surface area contributed by atoms with E-state index < -0.39 is 5.60 Å². The van der Waals surface area contributed by atoms with Crippen molar-refractivity contribution >= 4 is 17.5 Å². The fraction of sp³-hybridized carbons (Fsp3) is 0.800. The molecule has 0 aromatic rings. The third-order valence-electron chi connectivity index (χ3n) is 9.43. The molecular weight excluding hydrogens is 364 g/mol. The van der Waals surface area contributed by atoms with Crippen molar-refractivity contribution in [2.24, 2.45) is 28.6 Å². The van der Waals surface area contributed by atoms with Gasteiger partial charge in [0.1, 0.15) is 0 Å². The summed E-state index contributed by atoms with van der Waals surface area (Å²) >= 11 is 0. The monoisotopic (exact) mass is 400 g/mol. The third-order valence-corrected chi connectivity index (χ3v) is 9.43. The number of ketones is 2. The number of carbonyl (C=O) groups excluding carboxylic acids is 3. The summed E-state index contributed by atoms with van der Waals surface area (Å²) in [6.45, 7) is 8.30. The van der Waals surface area contributed by atoms with Gasteiger partial charge in [0.05, 0.1) is 0 Å². The Bertz CT molecular complexity index is 767. The average molecular weight is 401 g/mol. The van der Waals surface area contributed by atoms with E-state index >= 15 is 0 Å². The molecule has 3 saturated carbocycles. The molecule has 6 atom stereocenters. The van der Waals surface area contributed by atoms with Crippen LogP contribution in [0, 0.1) is 28.6 Å². The van der Waals surface area contributed by atoms with Gasteiger partial charge in [0.2, 0.25) is 0 Å². The lowest BCUT2D eigenvalue weighted by Gasteiger charge is -2.59. The molecule has 0 bridgehead atoms. The Morgan fingerprint density at radius 2 is 1.72 bits per heavy atom. The first-order valence-corrected chi connectivity index (χ1v) is 11.7. The molecule has 160 valence electrons. The molecule has 4 aliphatic carbocycles. The molecule has 4 nitrogen and oxygen atoms in total. The zero-order chi connectivity index (χ0) is 21.0. The van der Waals surface area contributed by atoms with Crippen LogP contribution in [0.1, 0.15) is 91.9 Å². The van der Waals surface area contributed by atoms with Crippen LogP contribution in [-0.4, -0.2) is 23.1 Å². The molecule has 4 aliphatic rings. The average Bonchev–Trinajstić information content (AvgIpc) is 3.01. The van der Waals surface area contributed by atoms with E-state index in [1.807, 2.05) is 13.0 Å². The van der Waals surface area contributed by atoms with E-state index in [1.165, 1.54) is 5.57 Å². The van der Waals surface area contributed by atoms with E-state index in [0.717, 1.165) is 38.5 Å². The van der Waals surface area contributed by atoms with Gasteiger partial charge in [-0.3, -0.25) is 14.4 Å². The number of fused-ring (bicyclic) bond motifs is 5. The van der Waals surface area contributed by atoms with Gasteiger partial charge in [-0.25, -0.2) is 0 Å². The first-order chi connectivity index (χ1) is 13.7. The minimum Gasteiger partial charge on any atom is -0.450 e. The highest BCUT2D eigenvalue weighted by molar-refractivity contribution is 5.92. The van der Waals surface area contributed by atoms with Crippen molar-refractivity contribution < 1.29 is 19.1 Å². The summed E-state index contributed by atoms with van der Waals surface area (Å²) in [5, 5.41) is 0. The molecule has 4 rings (SSSR count). The molecular formula is C25H36O4. The second-order valence-electron chi connectivity index (χ2n) is 10.4. The van der Waals surface area contributed by atoms with Crippen molar-refractivity contribution in [2.75, 3.05) is 0 Å². The van der Waals surface area contributed by atoms with E-state index in [4.69, 9.17) is 4.74 Å². The Labute approximate surface area is 174 Å². The Hall–Kier alpha value is -1.45. The third kappa shape index (κ3) is 2.80. The van der Waals surface area contributed by atoms with Crippen LogP contribution < -0.4 is 0 Å². The van der Waals surface area contributed by atoms with Gasteiger partial charge in [-0.15, -0.1) is 0 Å². The summed E-state index contributed by atoms with van der Waals surface area (Å²) in [7, 11) is 0. The maximum atomic E-state index is 13.2. The number of hydrogen-bond acceptors (Lipinski definition) is 4. The van der Waals surface area contributed by atoms with Crippen LogP contribution in [0.25, 0.3) is 0 Å². The quantitative estimate of drug-likeness (QED) is 0.609. The molecule has 0 saturated heterocycles. The van der Waals surface area contributed by atoms with Crippen LogP contribution in [0.15, 0.2) is 11.6 Å². The standard InChI is InChI=1S/C25H36O4/c1-5-21(27)25(29-22(28)6-2)14-11-20-18-8-7-16-15-17(26)9-12-23(16,3)19(18)10-13-24(20,25)4/h15,18-20H,5-14H2,1-4H3/t18-,19+,20+,23+,24+,25+/m1/s1. The van der Waals surface area contributed by atoms with Gasteiger partial charge >= 0.3 is 5.97 Å². The van der Waals surface area contributed by atoms with Gasteiger partial charge < -0.3 is 4.74 Å². The summed E-state index contributed by atoms with van der Waals surface area (Å²) in [5.74, 6) is 1.68. The Morgan fingerprint density at radius 1 is 1.00 bits per heavy atom. The van der Waals surface area contributed by atoms with Crippen LogP contribution in [0.2, 0.25) is 0 Å². The van der Waals surface area contributed by atoms with Gasteiger partial charge in [-0.1, -0.05) is 33.3 Å². The molecule has 4 heteroatoms. The van der Waals surface area contributed by atoms with E-state index in [1.54, 1.807) is 6.92 Å². The number of ether oxygens (including phenoxy) is 1. The van der Waals surface area contributed by atoms with Crippen molar-refractivity contribution in [1.29, 1.82) is 0 Å². The number of carbonyl (C=O) groups is 3. The predicted molar refractivity (Wildman–Crippen MR) is 111 cm³/mol. The molecule has 0 aliphatic heterocycles. The lowest BCUT2D eigenvalue weighted by Crippen LogP contribution is -2.59. The number of hydrogen-bond donors (Lipinski definition) is 0. The summed E-state index contributed by atoms with van der Waals surface area (Å²) in [5.41, 5.74) is 0.279. The summed E-state index contributed by atoms with van der Waals surface area (Å²) < 4.78 is 6.05. The van der Waals surface area contributed by atoms with Crippen LogP contribution in [-0.2, 0) is 19.1 Å². The van der Waals surface area contributed by atoms with Crippen LogP contribution in [0.5, 0.6) is 0 Å². The maximum absolute atomic E-state index is 13.2. The summed E-state index contributed by atoms with van der Waals surface area (Å²) in [6, 6.07) is 0. The molecule has 29 heavy (non-hydrogen) atoms. The Kier molecular flexibility index (Phi) is 5.07. The number of Topliss-reactive ketones (excluding diaryl/α,β-unsaturated/α-hetero) is 1. The lowest BCUT2D eigenvalue weighted by molar-refractivity contribution is -0.189. The van der Waals surface area contributed by atoms with Crippen molar-refractivity contribution in [1.82, 2.24) is 0 Å². The molecule has 0 spiro atoms. The van der Waals surface area contributed by atoms with Crippen LogP contribution in [0.4, 0.5) is 0 Å². The highest BCUT2D eigenvalue weighted by Crippen LogP contribution is 2.68.